The molecule has 0 atom stereocenters. The van der Waals surface area contributed by atoms with E-state index in [0.29, 0.717) is 21.8 Å². The summed E-state index contributed by atoms with van der Waals surface area (Å²) in [6, 6.07) is 11.3. The molecule has 0 aliphatic rings. The Morgan fingerprint density at radius 3 is 2.55 bits per heavy atom. The van der Waals surface area contributed by atoms with E-state index in [1.807, 2.05) is 30.5 Å². The summed E-state index contributed by atoms with van der Waals surface area (Å²) in [6.45, 7) is -0.155. The standard InChI is InChI=1S/C15H14N2O2S/c1-19-13-5-3-10(4-6-13)14-12(9-18)7-11(8-16)15(17-14)20-2/h3-7,18H,9H2,1-2H3. The summed E-state index contributed by atoms with van der Waals surface area (Å²) in [4.78, 5) is 4.50. The number of aliphatic hydroxyl groups excluding tert-OH is 1. The van der Waals surface area contributed by atoms with Crippen molar-refractivity contribution in [3.05, 3.63) is 41.5 Å². The van der Waals surface area contributed by atoms with Crippen molar-refractivity contribution in [2.75, 3.05) is 13.4 Å². The number of pyridine rings is 1. The number of aromatic nitrogens is 1. The molecule has 4 nitrogen and oxygen atoms in total. The fraction of sp³-hybridized carbons (Fsp3) is 0.200. The van der Waals surface area contributed by atoms with Crippen LogP contribution in [0.5, 0.6) is 5.75 Å². The lowest BCUT2D eigenvalue weighted by molar-refractivity contribution is 0.282. The van der Waals surface area contributed by atoms with E-state index in [1.165, 1.54) is 11.8 Å². The Kier molecular flexibility index (Phi) is 4.61. The van der Waals surface area contributed by atoms with E-state index in [4.69, 9.17) is 10.00 Å². The SMILES string of the molecule is COc1ccc(-c2nc(SC)c(C#N)cc2CO)cc1. The fourth-order valence-electron chi connectivity index (χ4n) is 1.89. The molecule has 0 aliphatic heterocycles. The molecule has 1 N–H and O–H groups in total. The molecule has 1 heterocycles. The van der Waals surface area contributed by atoms with Crippen LogP contribution in [0.15, 0.2) is 35.4 Å². The second-order valence-corrected chi connectivity index (χ2v) is 4.85. The summed E-state index contributed by atoms with van der Waals surface area (Å²) < 4.78 is 5.13. The molecule has 1 aromatic carbocycles. The van der Waals surface area contributed by atoms with Crippen LogP contribution in [-0.4, -0.2) is 23.5 Å². The van der Waals surface area contributed by atoms with Gasteiger partial charge >= 0.3 is 0 Å². The number of hydrogen-bond acceptors (Lipinski definition) is 5. The Balaban J connectivity index is 2.56. The van der Waals surface area contributed by atoms with Gasteiger partial charge in [0.1, 0.15) is 16.8 Å². The van der Waals surface area contributed by atoms with Crippen molar-refractivity contribution in [3.8, 4) is 23.1 Å². The van der Waals surface area contributed by atoms with Gasteiger partial charge in [-0.15, -0.1) is 11.8 Å². The van der Waals surface area contributed by atoms with Crippen molar-refractivity contribution in [2.45, 2.75) is 11.6 Å². The number of thioether (sulfide) groups is 1. The van der Waals surface area contributed by atoms with E-state index in [-0.39, 0.29) is 6.61 Å². The Hall–Kier alpha value is -2.03. The Morgan fingerprint density at radius 2 is 2.05 bits per heavy atom. The van der Waals surface area contributed by atoms with Crippen molar-refractivity contribution in [2.24, 2.45) is 0 Å². The number of hydrogen-bond donors (Lipinski definition) is 1. The first kappa shape index (κ1) is 14.4. The molecule has 0 radical (unpaired) electrons. The van der Waals surface area contributed by atoms with Gasteiger partial charge in [0, 0.05) is 11.1 Å². The van der Waals surface area contributed by atoms with Gasteiger partial charge in [0.15, 0.2) is 0 Å². The third-order valence-electron chi connectivity index (χ3n) is 2.91. The van der Waals surface area contributed by atoms with E-state index < -0.39 is 0 Å². The molecule has 20 heavy (non-hydrogen) atoms. The maximum Gasteiger partial charge on any atom is 0.118 e. The molecule has 0 saturated heterocycles. The summed E-state index contributed by atoms with van der Waals surface area (Å²) >= 11 is 1.42. The first-order valence-electron chi connectivity index (χ1n) is 5.96. The van der Waals surface area contributed by atoms with E-state index in [1.54, 1.807) is 13.2 Å². The molecule has 0 saturated carbocycles. The molecule has 5 heteroatoms. The van der Waals surface area contributed by atoms with Crippen molar-refractivity contribution >= 4 is 11.8 Å². The number of nitriles is 1. The minimum absolute atomic E-state index is 0.155. The van der Waals surface area contributed by atoms with Crippen LogP contribution in [0.3, 0.4) is 0 Å². The molecule has 0 amide bonds. The molecular formula is C15H14N2O2S. The fourth-order valence-corrected chi connectivity index (χ4v) is 2.40. The van der Waals surface area contributed by atoms with Crippen molar-refractivity contribution in [1.82, 2.24) is 4.98 Å². The third-order valence-corrected chi connectivity index (χ3v) is 3.61. The number of rotatable bonds is 4. The number of aliphatic hydroxyl groups is 1. The van der Waals surface area contributed by atoms with Gasteiger partial charge in [0.2, 0.25) is 0 Å². The summed E-state index contributed by atoms with van der Waals surface area (Å²) in [6.07, 6.45) is 1.87. The highest BCUT2D eigenvalue weighted by Crippen LogP contribution is 2.28. The van der Waals surface area contributed by atoms with Crippen LogP contribution in [0.1, 0.15) is 11.1 Å². The van der Waals surface area contributed by atoms with E-state index in [0.717, 1.165) is 11.3 Å². The minimum Gasteiger partial charge on any atom is -0.497 e. The highest BCUT2D eigenvalue weighted by atomic mass is 32.2. The highest BCUT2D eigenvalue weighted by molar-refractivity contribution is 7.98. The first-order chi connectivity index (χ1) is 9.73. The number of nitrogens with zero attached hydrogens (tertiary/aromatic N) is 2. The lowest BCUT2D eigenvalue weighted by atomic mass is 10.0. The maximum atomic E-state index is 9.48. The number of methoxy groups -OCH3 is 1. The number of ether oxygens (including phenoxy) is 1. The van der Waals surface area contributed by atoms with Crippen molar-refractivity contribution in [1.29, 1.82) is 5.26 Å². The van der Waals surface area contributed by atoms with Gasteiger partial charge in [-0.2, -0.15) is 5.26 Å². The molecule has 0 bridgehead atoms. The van der Waals surface area contributed by atoms with Gasteiger partial charge in [-0.1, -0.05) is 0 Å². The summed E-state index contributed by atoms with van der Waals surface area (Å²) in [7, 11) is 1.61. The van der Waals surface area contributed by atoms with E-state index in [9.17, 15) is 5.11 Å². The van der Waals surface area contributed by atoms with Gasteiger partial charge in [-0.25, -0.2) is 4.98 Å². The number of benzene rings is 1. The third kappa shape index (κ3) is 2.77. The summed E-state index contributed by atoms with van der Waals surface area (Å²) in [5.41, 5.74) is 2.71. The smallest absolute Gasteiger partial charge is 0.118 e. The van der Waals surface area contributed by atoms with Crippen LogP contribution in [0.4, 0.5) is 0 Å². The van der Waals surface area contributed by atoms with Crippen LogP contribution in [-0.2, 0) is 6.61 Å². The Bertz CT molecular complexity index is 648. The zero-order valence-electron chi connectivity index (χ0n) is 11.3. The van der Waals surface area contributed by atoms with Crippen LogP contribution in [0.25, 0.3) is 11.3 Å². The Labute approximate surface area is 122 Å². The monoisotopic (exact) mass is 286 g/mol. The zero-order valence-corrected chi connectivity index (χ0v) is 12.1. The largest absolute Gasteiger partial charge is 0.497 e. The average molecular weight is 286 g/mol. The summed E-state index contributed by atoms with van der Waals surface area (Å²) in [5.74, 6) is 0.762. The van der Waals surface area contributed by atoms with Crippen molar-refractivity contribution in [3.63, 3.8) is 0 Å². The van der Waals surface area contributed by atoms with E-state index in [2.05, 4.69) is 11.1 Å². The van der Waals surface area contributed by atoms with Crippen LogP contribution in [0.2, 0.25) is 0 Å². The van der Waals surface area contributed by atoms with Crippen molar-refractivity contribution < 1.29 is 9.84 Å². The molecule has 0 unspecified atom stereocenters. The molecule has 2 aromatic rings. The summed E-state index contributed by atoms with van der Waals surface area (Å²) in [5, 5.41) is 19.2. The maximum absolute atomic E-state index is 9.48. The van der Waals surface area contributed by atoms with Gasteiger partial charge < -0.3 is 9.84 Å². The van der Waals surface area contributed by atoms with Gasteiger partial charge in [0.25, 0.3) is 0 Å². The molecule has 0 spiro atoms. The predicted octanol–water partition coefficient (Wildman–Crippen LogP) is 2.84. The molecule has 102 valence electrons. The Morgan fingerprint density at radius 1 is 1.35 bits per heavy atom. The van der Waals surface area contributed by atoms with Gasteiger partial charge in [0.05, 0.1) is 25.0 Å². The lowest BCUT2D eigenvalue weighted by Crippen LogP contribution is -1.98. The second-order valence-electron chi connectivity index (χ2n) is 4.05. The topological polar surface area (TPSA) is 66.1 Å². The quantitative estimate of drug-likeness (QED) is 0.875. The van der Waals surface area contributed by atoms with E-state index >= 15 is 0 Å². The molecule has 1 aromatic heterocycles. The molecule has 0 aliphatic carbocycles. The predicted molar refractivity (Wildman–Crippen MR) is 78.6 cm³/mol. The first-order valence-corrected chi connectivity index (χ1v) is 7.19. The second kappa shape index (κ2) is 6.42. The van der Waals surface area contributed by atoms with Gasteiger partial charge in [-0.3, -0.25) is 0 Å². The van der Waals surface area contributed by atoms with Crippen LogP contribution < -0.4 is 4.74 Å². The van der Waals surface area contributed by atoms with Crippen LogP contribution >= 0.6 is 11.8 Å². The minimum atomic E-state index is -0.155. The lowest BCUT2D eigenvalue weighted by Gasteiger charge is -2.10. The normalized spacial score (nSPS) is 10.1. The highest BCUT2D eigenvalue weighted by Gasteiger charge is 2.12. The molecule has 2 rings (SSSR count). The molecule has 0 fully saturated rings. The average Bonchev–Trinajstić information content (AvgIpc) is 2.53. The zero-order chi connectivity index (χ0) is 14.5. The molecular weight excluding hydrogens is 272 g/mol. The van der Waals surface area contributed by atoms with Gasteiger partial charge in [-0.05, 0) is 36.6 Å². The van der Waals surface area contributed by atoms with Crippen LogP contribution in [0, 0.1) is 11.3 Å².